The average Bonchev–Trinajstić information content (AvgIpc) is 2.75. The van der Waals surface area contributed by atoms with Crippen LogP contribution in [0.3, 0.4) is 0 Å². The molecule has 0 radical (unpaired) electrons. The summed E-state index contributed by atoms with van der Waals surface area (Å²) in [5.74, 6) is 1.84. The van der Waals surface area contributed by atoms with Crippen LogP contribution in [0.15, 0.2) is 11.6 Å². The zero-order valence-corrected chi connectivity index (χ0v) is 9.11. The molecule has 1 saturated carbocycles. The number of ether oxygens (including phenoxy) is 1. The minimum Gasteiger partial charge on any atom is -0.469 e. The molecule has 2 atom stereocenters. The first-order chi connectivity index (χ1) is 6.98. The summed E-state index contributed by atoms with van der Waals surface area (Å²) in [6.45, 7) is 3.91. The lowest BCUT2D eigenvalue weighted by atomic mass is 10.1. The maximum Gasteiger partial charge on any atom is 0.309 e. The fourth-order valence-electron chi connectivity index (χ4n) is 1.88. The molecule has 0 aliphatic heterocycles. The number of hydrogen-bond acceptors (Lipinski definition) is 3. The van der Waals surface area contributed by atoms with Crippen LogP contribution < -0.4 is 0 Å². The summed E-state index contributed by atoms with van der Waals surface area (Å²) in [5, 5.41) is 0. The van der Waals surface area contributed by atoms with Crippen LogP contribution in [0.2, 0.25) is 0 Å². The van der Waals surface area contributed by atoms with E-state index in [1.54, 1.807) is 6.08 Å². The first-order valence-corrected chi connectivity index (χ1v) is 4.70. The maximum absolute atomic E-state index is 11.4. The molecule has 1 fully saturated rings. The second-order valence-corrected chi connectivity index (χ2v) is 4.23. The van der Waals surface area contributed by atoms with E-state index in [0.29, 0.717) is 11.9 Å². The van der Waals surface area contributed by atoms with Crippen LogP contribution in [0.5, 0.6) is 0 Å². The van der Waals surface area contributed by atoms with Gasteiger partial charge < -0.3 is 4.74 Å². The van der Waals surface area contributed by atoms with Gasteiger partial charge in [-0.15, -0.1) is 6.42 Å². The second kappa shape index (κ2) is 3.90. The molecule has 1 aliphatic rings. The fourth-order valence-corrected chi connectivity index (χ4v) is 1.88. The number of allylic oxidation sites excluding steroid dienone is 2. The van der Waals surface area contributed by atoms with Gasteiger partial charge in [-0.3, -0.25) is 9.59 Å². The van der Waals surface area contributed by atoms with E-state index in [9.17, 15) is 9.59 Å². The first-order valence-electron chi connectivity index (χ1n) is 4.70. The molecule has 0 heterocycles. The topological polar surface area (TPSA) is 43.4 Å². The Labute approximate surface area is 89.5 Å². The van der Waals surface area contributed by atoms with Crippen LogP contribution >= 0.6 is 0 Å². The predicted molar refractivity (Wildman–Crippen MR) is 55.8 cm³/mol. The van der Waals surface area contributed by atoms with Crippen molar-refractivity contribution in [2.45, 2.75) is 13.8 Å². The lowest BCUT2D eigenvalue weighted by Gasteiger charge is -1.99. The largest absolute Gasteiger partial charge is 0.469 e. The van der Waals surface area contributed by atoms with Crippen LogP contribution in [-0.4, -0.2) is 19.4 Å². The molecule has 1 aliphatic carbocycles. The quantitative estimate of drug-likeness (QED) is 0.301. The molecule has 0 aromatic carbocycles. The Morgan fingerprint density at radius 1 is 1.53 bits per heavy atom. The van der Waals surface area contributed by atoms with Gasteiger partial charge in [-0.1, -0.05) is 25.8 Å². The number of methoxy groups -OCH3 is 1. The summed E-state index contributed by atoms with van der Waals surface area (Å²) in [5.41, 5.74) is 0.123. The third-order valence-corrected chi connectivity index (χ3v) is 3.02. The summed E-state index contributed by atoms with van der Waals surface area (Å²) in [4.78, 5) is 21.9. The Hall–Kier alpha value is -1.56. The lowest BCUT2D eigenvalue weighted by molar-refractivity contribution is -0.143. The first kappa shape index (κ1) is 11.5. The van der Waals surface area contributed by atoms with E-state index in [0.717, 1.165) is 0 Å². The Kier molecular flexibility index (Phi) is 2.99. The predicted octanol–water partition coefficient (Wildman–Crippen LogP) is 1.19. The molecule has 80 valence electrons. The van der Waals surface area contributed by atoms with Crippen molar-refractivity contribution >= 4 is 12.3 Å². The van der Waals surface area contributed by atoms with E-state index in [-0.39, 0.29) is 23.2 Å². The number of rotatable bonds is 3. The molecule has 0 N–H and O–H groups in total. The SMILES string of the molecule is C#C/C(C=O)=C\C1C(C(=O)OC)C1(C)C. The van der Waals surface area contributed by atoms with Crippen molar-refractivity contribution in [1.29, 1.82) is 0 Å². The van der Waals surface area contributed by atoms with Crippen molar-refractivity contribution in [2.75, 3.05) is 7.11 Å². The van der Waals surface area contributed by atoms with Crippen LogP contribution in [-0.2, 0) is 14.3 Å². The van der Waals surface area contributed by atoms with Crippen molar-refractivity contribution in [3.8, 4) is 12.3 Å². The summed E-state index contributed by atoms with van der Waals surface area (Å²) in [6.07, 6.45) is 7.44. The van der Waals surface area contributed by atoms with Gasteiger partial charge in [0.25, 0.3) is 0 Å². The van der Waals surface area contributed by atoms with E-state index in [4.69, 9.17) is 6.42 Å². The number of aldehydes is 1. The molecule has 0 spiro atoms. The van der Waals surface area contributed by atoms with Crippen LogP contribution in [0.4, 0.5) is 0 Å². The van der Waals surface area contributed by atoms with Gasteiger partial charge >= 0.3 is 5.97 Å². The van der Waals surface area contributed by atoms with Gasteiger partial charge in [-0.2, -0.15) is 0 Å². The number of carbonyl (C=O) groups is 2. The standard InChI is InChI=1S/C12H14O3/c1-5-8(7-13)6-9-10(11(14)15-4)12(9,2)3/h1,6-7,9-10H,2-4H3/b8-6+. The molecular formula is C12H14O3. The number of hydrogen-bond donors (Lipinski definition) is 0. The molecule has 0 aromatic heterocycles. The molecule has 0 amide bonds. The average molecular weight is 206 g/mol. The lowest BCUT2D eigenvalue weighted by Crippen LogP contribution is -2.07. The van der Waals surface area contributed by atoms with Crippen molar-refractivity contribution in [3.05, 3.63) is 11.6 Å². The summed E-state index contributed by atoms with van der Waals surface area (Å²) in [6, 6.07) is 0. The van der Waals surface area contributed by atoms with Gasteiger partial charge in [0.2, 0.25) is 0 Å². The van der Waals surface area contributed by atoms with Gasteiger partial charge in [-0.05, 0) is 11.3 Å². The summed E-state index contributed by atoms with van der Waals surface area (Å²) >= 11 is 0. The molecule has 3 heteroatoms. The van der Waals surface area contributed by atoms with Gasteiger partial charge in [0.05, 0.1) is 18.6 Å². The van der Waals surface area contributed by atoms with Gasteiger partial charge in [0.1, 0.15) is 0 Å². The molecule has 0 aromatic rings. The molecule has 1 rings (SSSR count). The van der Waals surface area contributed by atoms with Crippen molar-refractivity contribution in [2.24, 2.45) is 17.3 Å². The monoisotopic (exact) mass is 206 g/mol. The smallest absolute Gasteiger partial charge is 0.309 e. The van der Waals surface area contributed by atoms with Crippen molar-refractivity contribution in [1.82, 2.24) is 0 Å². The van der Waals surface area contributed by atoms with Crippen molar-refractivity contribution in [3.63, 3.8) is 0 Å². The van der Waals surface area contributed by atoms with Crippen LogP contribution in [0.1, 0.15) is 13.8 Å². The third-order valence-electron chi connectivity index (χ3n) is 3.02. The Morgan fingerprint density at radius 2 is 2.13 bits per heavy atom. The number of carbonyl (C=O) groups excluding carboxylic acids is 2. The van der Waals surface area contributed by atoms with E-state index in [1.165, 1.54) is 7.11 Å². The molecule has 2 unspecified atom stereocenters. The van der Waals surface area contributed by atoms with Crippen LogP contribution in [0.25, 0.3) is 0 Å². The van der Waals surface area contributed by atoms with Gasteiger partial charge in [-0.25, -0.2) is 0 Å². The molecule has 0 bridgehead atoms. The maximum atomic E-state index is 11.4. The Bertz CT molecular complexity index is 358. The number of esters is 1. The zero-order chi connectivity index (χ0) is 11.6. The highest BCUT2D eigenvalue weighted by molar-refractivity contribution is 5.82. The zero-order valence-electron chi connectivity index (χ0n) is 9.11. The summed E-state index contributed by atoms with van der Waals surface area (Å²) in [7, 11) is 1.36. The highest BCUT2D eigenvalue weighted by atomic mass is 16.5. The van der Waals surface area contributed by atoms with E-state index >= 15 is 0 Å². The van der Waals surface area contributed by atoms with E-state index in [1.807, 2.05) is 13.8 Å². The molecular weight excluding hydrogens is 192 g/mol. The minimum absolute atomic E-state index is 0.00111. The summed E-state index contributed by atoms with van der Waals surface area (Å²) < 4.78 is 4.68. The minimum atomic E-state index is -0.247. The highest BCUT2D eigenvalue weighted by Crippen LogP contribution is 2.59. The highest BCUT2D eigenvalue weighted by Gasteiger charge is 2.61. The van der Waals surface area contributed by atoms with Crippen molar-refractivity contribution < 1.29 is 14.3 Å². The third kappa shape index (κ3) is 1.94. The van der Waals surface area contributed by atoms with Gasteiger partial charge in [0.15, 0.2) is 6.29 Å². The Morgan fingerprint density at radius 3 is 2.53 bits per heavy atom. The molecule has 3 nitrogen and oxygen atoms in total. The number of terminal acetylenes is 1. The van der Waals surface area contributed by atoms with Gasteiger partial charge in [0, 0.05) is 0 Å². The Balaban J connectivity index is 2.84. The van der Waals surface area contributed by atoms with Crippen LogP contribution in [0, 0.1) is 29.6 Å². The van der Waals surface area contributed by atoms with E-state index < -0.39 is 0 Å². The normalized spacial score (nSPS) is 27.7. The molecule has 0 saturated heterocycles. The van der Waals surface area contributed by atoms with E-state index in [2.05, 4.69) is 10.7 Å². The fraction of sp³-hybridized carbons (Fsp3) is 0.500. The molecule has 15 heavy (non-hydrogen) atoms. The second-order valence-electron chi connectivity index (χ2n) is 4.23.